The number of aromatic nitrogens is 2. The Labute approximate surface area is 214 Å². The maximum absolute atomic E-state index is 14.4. The quantitative estimate of drug-likeness (QED) is 0.401. The molecule has 0 aliphatic carbocycles. The van der Waals surface area contributed by atoms with Crippen molar-refractivity contribution in [3.8, 4) is 0 Å². The van der Waals surface area contributed by atoms with Crippen LogP contribution in [0.15, 0.2) is 35.0 Å². The first-order valence-corrected chi connectivity index (χ1v) is 12.8. The van der Waals surface area contributed by atoms with Crippen LogP contribution in [0.5, 0.6) is 0 Å². The van der Waals surface area contributed by atoms with E-state index < -0.39 is 17.5 Å². The van der Waals surface area contributed by atoms with Gasteiger partial charge in [-0.3, -0.25) is 4.31 Å². The van der Waals surface area contributed by atoms with Gasteiger partial charge in [-0.2, -0.15) is 5.10 Å². The number of aryl methyl sites for hydroxylation is 1. The SMILES string of the molecule is C/C=S(\c1ccc(Cc2c(C)nn(C/C(F)=C/CNC(=O)OC(C)(C)C)c2Cl)cc1Cl)N(C)C. The molecule has 188 valence electrons. The zero-order valence-corrected chi connectivity index (χ0v) is 23.0. The summed E-state index contributed by atoms with van der Waals surface area (Å²) in [5, 5.41) is 10.1. The Morgan fingerprint density at radius 2 is 2.00 bits per heavy atom. The molecule has 1 unspecified atom stereocenters. The van der Waals surface area contributed by atoms with Gasteiger partial charge in [-0.25, -0.2) is 13.9 Å². The van der Waals surface area contributed by atoms with Crippen LogP contribution in [-0.2, 0) is 17.7 Å². The van der Waals surface area contributed by atoms with E-state index >= 15 is 0 Å². The number of alkyl carbamates (subject to hydrolysis) is 1. The lowest BCUT2D eigenvalue weighted by Crippen LogP contribution is -2.32. The first-order chi connectivity index (χ1) is 15.8. The molecule has 0 spiro atoms. The van der Waals surface area contributed by atoms with Crippen molar-refractivity contribution in [3.63, 3.8) is 0 Å². The molecule has 0 radical (unpaired) electrons. The topological polar surface area (TPSA) is 59.4 Å². The number of hydrogen-bond donors (Lipinski definition) is 1. The van der Waals surface area contributed by atoms with E-state index in [1.807, 2.05) is 46.1 Å². The van der Waals surface area contributed by atoms with Crippen LogP contribution in [0.2, 0.25) is 10.2 Å². The van der Waals surface area contributed by atoms with Crippen LogP contribution in [0.25, 0.3) is 0 Å². The fraction of sp³-hybridized carbons (Fsp3) is 0.458. The summed E-state index contributed by atoms with van der Waals surface area (Å²) in [4.78, 5) is 12.7. The van der Waals surface area contributed by atoms with Gasteiger partial charge >= 0.3 is 6.09 Å². The summed E-state index contributed by atoms with van der Waals surface area (Å²) in [5.41, 5.74) is 1.92. The van der Waals surface area contributed by atoms with Gasteiger partial charge in [0.2, 0.25) is 0 Å². The van der Waals surface area contributed by atoms with Crippen LogP contribution >= 0.6 is 33.9 Å². The number of halogens is 3. The van der Waals surface area contributed by atoms with E-state index in [2.05, 4.69) is 20.1 Å². The summed E-state index contributed by atoms with van der Waals surface area (Å²) in [5.74, 6) is -0.467. The number of amides is 1. The van der Waals surface area contributed by atoms with Crippen molar-refractivity contribution in [2.24, 2.45) is 0 Å². The number of nitrogens with one attached hydrogen (secondary N) is 1. The highest BCUT2D eigenvalue weighted by molar-refractivity contribution is 8.13. The Bertz CT molecular complexity index is 1090. The van der Waals surface area contributed by atoms with Gasteiger partial charge in [-0.15, -0.1) is 0 Å². The number of rotatable bonds is 8. The van der Waals surface area contributed by atoms with Crippen molar-refractivity contribution in [2.45, 2.75) is 58.1 Å². The lowest BCUT2D eigenvalue weighted by atomic mass is 10.1. The first kappa shape index (κ1) is 28.4. The Morgan fingerprint density at radius 1 is 1.32 bits per heavy atom. The highest BCUT2D eigenvalue weighted by Gasteiger charge is 2.17. The molecular weight excluding hydrogens is 498 g/mol. The standard InChI is InChI=1S/C24H33Cl2FN4O2S/c1-8-34(30(6)7)21-10-9-17(14-20(21)25)13-19-16(2)29-31(22(19)26)15-18(27)11-12-28-23(32)33-24(3,4)5/h8-11,14H,12-13,15H2,1-7H3,(H,28,32)/b18-11-. The third-order valence-corrected chi connectivity index (χ3v) is 7.56. The molecular formula is C24H33Cl2FN4O2S. The van der Waals surface area contributed by atoms with Crippen molar-refractivity contribution in [1.29, 1.82) is 0 Å². The second-order valence-corrected chi connectivity index (χ2v) is 11.9. The first-order valence-electron chi connectivity index (χ1n) is 10.8. The highest BCUT2D eigenvalue weighted by Crippen LogP contribution is 2.35. The Balaban J connectivity index is 2.09. The second-order valence-electron chi connectivity index (χ2n) is 8.85. The molecule has 1 aromatic heterocycles. The summed E-state index contributed by atoms with van der Waals surface area (Å²) < 4.78 is 23.1. The summed E-state index contributed by atoms with van der Waals surface area (Å²) in [6.45, 7) is 9.01. The minimum absolute atomic E-state index is 0.000114. The van der Waals surface area contributed by atoms with Gasteiger partial charge < -0.3 is 10.1 Å². The molecule has 0 aliphatic rings. The molecule has 1 aromatic carbocycles. The minimum atomic E-state index is -0.615. The monoisotopic (exact) mass is 530 g/mol. The van der Waals surface area contributed by atoms with Crippen LogP contribution in [0.1, 0.15) is 44.5 Å². The number of ether oxygens (including phenoxy) is 1. The van der Waals surface area contributed by atoms with Gasteiger partial charge in [0, 0.05) is 23.4 Å². The molecule has 2 aromatic rings. The van der Waals surface area contributed by atoms with Gasteiger partial charge in [-0.05, 0) is 77.9 Å². The lowest BCUT2D eigenvalue weighted by Gasteiger charge is -2.19. The third kappa shape index (κ3) is 8.12. The normalized spacial score (nSPS) is 13.4. The lowest BCUT2D eigenvalue weighted by molar-refractivity contribution is 0.0534. The van der Waals surface area contributed by atoms with Gasteiger partial charge in [0.15, 0.2) is 0 Å². The van der Waals surface area contributed by atoms with Crippen molar-refractivity contribution in [1.82, 2.24) is 19.4 Å². The number of benzene rings is 1. The van der Waals surface area contributed by atoms with Crippen LogP contribution < -0.4 is 5.32 Å². The van der Waals surface area contributed by atoms with Crippen molar-refractivity contribution in [2.75, 3.05) is 20.6 Å². The number of hydrogen-bond acceptors (Lipinski definition) is 4. The van der Waals surface area contributed by atoms with E-state index in [-0.39, 0.29) is 23.8 Å². The summed E-state index contributed by atoms with van der Waals surface area (Å²) in [7, 11) is 3.86. The van der Waals surface area contributed by atoms with Gasteiger partial charge in [0.05, 0.1) is 17.3 Å². The molecule has 0 bridgehead atoms. The average molecular weight is 532 g/mol. The molecule has 1 amide bonds. The zero-order chi connectivity index (χ0) is 25.6. The molecule has 0 saturated heterocycles. The molecule has 1 N–H and O–H groups in total. The van der Waals surface area contributed by atoms with Crippen LogP contribution in [0.4, 0.5) is 9.18 Å². The maximum Gasteiger partial charge on any atom is 0.407 e. The summed E-state index contributed by atoms with van der Waals surface area (Å²) in [6.07, 6.45) is 1.19. The van der Waals surface area contributed by atoms with Gasteiger partial charge in [0.25, 0.3) is 0 Å². The van der Waals surface area contributed by atoms with E-state index in [0.717, 1.165) is 21.7 Å². The van der Waals surface area contributed by atoms with E-state index in [4.69, 9.17) is 27.9 Å². The number of carbonyl (C=O) groups is 1. The molecule has 2 rings (SSSR count). The Kier molecular flexibility index (Phi) is 10.2. The fourth-order valence-corrected chi connectivity index (χ4v) is 5.50. The molecule has 1 atom stereocenters. The summed E-state index contributed by atoms with van der Waals surface area (Å²) >= 11 is 13.1. The largest absolute Gasteiger partial charge is 0.444 e. The maximum atomic E-state index is 14.4. The van der Waals surface area contributed by atoms with E-state index in [1.54, 1.807) is 20.8 Å². The van der Waals surface area contributed by atoms with Crippen LogP contribution in [0, 0.1) is 6.92 Å². The molecule has 10 heteroatoms. The van der Waals surface area contributed by atoms with E-state index in [9.17, 15) is 9.18 Å². The van der Waals surface area contributed by atoms with Crippen molar-refractivity contribution in [3.05, 3.63) is 57.1 Å². The van der Waals surface area contributed by atoms with Gasteiger partial charge in [-0.1, -0.05) is 39.9 Å². The van der Waals surface area contributed by atoms with E-state index in [0.29, 0.717) is 16.6 Å². The van der Waals surface area contributed by atoms with Gasteiger partial charge in [0.1, 0.15) is 16.6 Å². The zero-order valence-electron chi connectivity index (χ0n) is 20.7. The second kappa shape index (κ2) is 12.2. The molecule has 0 saturated carbocycles. The Hall–Kier alpha value is -1.87. The molecule has 0 aliphatic heterocycles. The fourth-order valence-electron chi connectivity index (χ4n) is 3.23. The number of allylic oxidation sites excluding steroid dienone is 1. The predicted octanol–water partition coefficient (Wildman–Crippen LogP) is 6.39. The molecule has 6 nitrogen and oxygen atoms in total. The third-order valence-electron chi connectivity index (χ3n) is 4.67. The smallest absolute Gasteiger partial charge is 0.407 e. The number of carbonyl (C=O) groups excluding carboxylic acids is 1. The Morgan fingerprint density at radius 3 is 2.56 bits per heavy atom. The molecule has 1 heterocycles. The van der Waals surface area contributed by atoms with Crippen molar-refractivity contribution < 1.29 is 13.9 Å². The summed E-state index contributed by atoms with van der Waals surface area (Å²) in [6, 6.07) is 6.01. The highest BCUT2D eigenvalue weighted by atomic mass is 35.5. The van der Waals surface area contributed by atoms with Crippen LogP contribution in [0.3, 0.4) is 0 Å². The number of nitrogens with zero attached hydrogens (tertiary/aromatic N) is 3. The molecule has 0 fully saturated rings. The molecule has 34 heavy (non-hydrogen) atoms. The van der Waals surface area contributed by atoms with E-state index in [1.165, 1.54) is 10.8 Å². The van der Waals surface area contributed by atoms with Crippen LogP contribution in [-0.4, -0.2) is 51.8 Å². The van der Waals surface area contributed by atoms with Crippen molar-refractivity contribution >= 4 is 45.3 Å². The minimum Gasteiger partial charge on any atom is -0.444 e. The average Bonchev–Trinajstić information content (AvgIpc) is 2.95. The predicted molar refractivity (Wildman–Crippen MR) is 141 cm³/mol.